The molecule has 0 aromatic heterocycles. The number of rotatable bonds is 2. The van der Waals surface area contributed by atoms with Crippen LogP contribution in [0.3, 0.4) is 0 Å². The van der Waals surface area contributed by atoms with E-state index in [4.69, 9.17) is 0 Å². The molecule has 0 radical (unpaired) electrons. The van der Waals surface area contributed by atoms with Crippen molar-refractivity contribution in [1.82, 2.24) is 0 Å². The lowest BCUT2D eigenvalue weighted by Gasteiger charge is -2.16. The number of carboxylic acid groups (broad SMARTS) is 2. The van der Waals surface area contributed by atoms with Crippen LogP contribution in [0.5, 0.6) is 0 Å². The first-order chi connectivity index (χ1) is 10.6. The fourth-order valence-corrected chi connectivity index (χ4v) is 3.33. The highest BCUT2D eigenvalue weighted by Crippen LogP contribution is 2.26. The van der Waals surface area contributed by atoms with Crippen LogP contribution in [-0.4, -0.2) is 22.2 Å². The van der Waals surface area contributed by atoms with Crippen LogP contribution in [0.4, 0.5) is 0 Å². The predicted molar refractivity (Wildman–Crippen MR) is 84.7 cm³/mol. The maximum atomic E-state index is 11.5. The van der Waals surface area contributed by atoms with Crippen molar-refractivity contribution in [1.29, 1.82) is 0 Å². The second-order valence-electron chi connectivity index (χ2n) is 6.06. The third-order valence-corrected chi connectivity index (χ3v) is 4.50. The van der Waals surface area contributed by atoms with Gasteiger partial charge in [-0.1, -0.05) is 38.5 Å². The molecule has 0 fully saturated rings. The molecular formula is C18H24O4. The van der Waals surface area contributed by atoms with E-state index in [0.717, 1.165) is 36.8 Å². The highest BCUT2D eigenvalue weighted by molar-refractivity contribution is 5.95. The van der Waals surface area contributed by atoms with E-state index in [1.54, 1.807) is 0 Å². The van der Waals surface area contributed by atoms with E-state index in [0.29, 0.717) is 12.8 Å². The lowest BCUT2D eigenvalue weighted by Crippen LogP contribution is -2.12. The molecule has 120 valence electrons. The maximum Gasteiger partial charge on any atom is 0.335 e. The first-order valence-electron chi connectivity index (χ1n) is 8.22. The third kappa shape index (κ3) is 4.09. The van der Waals surface area contributed by atoms with Crippen molar-refractivity contribution in [3.8, 4) is 0 Å². The van der Waals surface area contributed by atoms with E-state index >= 15 is 0 Å². The zero-order valence-corrected chi connectivity index (χ0v) is 12.9. The minimum absolute atomic E-state index is 0.275. The van der Waals surface area contributed by atoms with Crippen LogP contribution in [-0.2, 0) is 12.8 Å². The van der Waals surface area contributed by atoms with Gasteiger partial charge in [0.15, 0.2) is 0 Å². The predicted octanol–water partition coefficient (Wildman–Crippen LogP) is 4.30. The quantitative estimate of drug-likeness (QED) is 0.854. The zero-order chi connectivity index (χ0) is 15.9. The highest BCUT2D eigenvalue weighted by Gasteiger charge is 2.20. The Bertz CT molecular complexity index is 499. The standard InChI is InChI=1S/C18H24O4/c19-17(20)15-11-12-16(18(21)22)14-10-8-6-4-2-1-3-5-7-9-13(14)15/h11-12H,1-10H2,(H,19,20)(H,21,22). The SMILES string of the molecule is O=C(O)c1ccc(C(=O)O)c2c1CCCCCCCCCC2. The van der Waals surface area contributed by atoms with Gasteiger partial charge in [0, 0.05) is 0 Å². The summed E-state index contributed by atoms with van der Waals surface area (Å²) in [4.78, 5) is 23.0. The van der Waals surface area contributed by atoms with Crippen molar-refractivity contribution in [3.05, 3.63) is 34.4 Å². The average Bonchev–Trinajstić information content (AvgIpc) is 2.46. The third-order valence-electron chi connectivity index (χ3n) is 4.50. The van der Waals surface area contributed by atoms with Crippen LogP contribution in [0.25, 0.3) is 0 Å². The Labute approximate surface area is 131 Å². The van der Waals surface area contributed by atoms with Crippen LogP contribution >= 0.6 is 0 Å². The molecule has 4 heteroatoms. The van der Waals surface area contributed by atoms with E-state index in [9.17, 15) is 19.8 Å². The largest absolute Gasteiger partial charge is 0.478 e. The first kappa shape index (κ1) is 16.5. The summed E-state index contributed by atoms with van der Waals surface area (Å²) in [5.41, 5.74) is 2.04. The molecule has 1 aliphatic carbocycles. The highest BCUT2D eigenvalue weighted by atomic mass is 16.4. The van der Waals surface area contributed by atoms with Crippen LogP contribution in [0, 0.1) is 0 Å². The van der Waals surface area contributed by atoms with Gasteiger partial charge in [-0.2, -0.15) is 0 Å². The molecule has 0 heterocycles. The van der Waals surface area contributed by atoms with Gasteiger partial charge in [-0.15, -0.1) is 0 Å². The lowest BCUT2D eigenvalue weighted by atomic mass is 9.88. The fourth-order valence-electron chi connectivity index (χ4n) is 3.33. The average molecular weight is 304 g/mol. The van der Waals surface area contributed by atoms with Gasteiger partial charge in [-0.3, -0.25) is 0 Å². The molecule has 1 aromatic rings. The summed E-state index contributed by atoms with van der Waals surface area (Å²) in [6.07, 6.45) is 10.2. The molecule has 0 amide bonds. The van der Waals surface area contributed by atoms with E-state index in [1.165, 1.54) is 37.8 Å². The monoisotopic (exact) mass is 304 g/mol. The maximum absolute atomic E-state index is 11.5. The molecule has 0 saturated carbocycles. The Hall–Kier alpha value is -1.84. The second-order valence-corrected chi connectivity index (χ2v) is 6.06. The molecule has 4 nitrogen and oxygen atoms in total. The Morgan fingerprint density at radius 1 is 0.636 bits per heavy atom. The van der Waals surface area contributed by atoms with E-state index < -0.39 is 11.9 Å². The Kier molecular flexibility index (Phi) is 5.99. The van der Waals surface area contributed by atoms with Crippen molar-refractivity contribution in [2.24, 2.45) is 0 Å². The Balaban J connectivity index is 2.41. The number of hydrogen-bond donors (Lipinski definition) is 2. The molecule has 22 heavy (non-hydrogen) atoms. The molecule has 2 N–H and O–H groups in total. The number of fused-ring (bicyclic) bond motifs is 1. The molecule has 0 bridgehead atoms. The summed E-state index contributed by atoms with van der Waals surface area (Å²) in [6, 6.07) is 2.91. The number of carbonyl (C=O) groups is 2. The molecule has 2 rings (SSSR count). The van der Waals surface area contributed by atoms with Crippen LogP contribution < -0.4 is 0 Å². The van der Waals surface area contributed by atoms with Gasteiger partial charge >= 0.3 is 11.9 Å². The summed E-state index contributed by atoms with van der Waals surface area (Å²) < 4.78 is 0. The normalized spacial score (nSPS) is 16.9. The van der Waals surface area contributed by atoms with Crippen LogP contribution in [0.1, 0.15) is 83.2 Å². The molecule has 0 aliphatic heterocycles. The zero-order valence-electron chi connectivity index (χ0n) is 12.9. The summed E-state index contributed by atoms with van der Waals surface area (Å²) in [5, 5.41) is 18.8. The molecule has 0 atom stereocenters. The van der Waals surface area contributed by atoms with Crippen molar-refractivity contribution >= 4 is 11.9 Å². The molecular weight excluding hydrogens is 280 g/mol. The topological polar surface area (TPSA) is 74.6 Å². The summed E-state index contributed by atoms with van der Waals surface area (Å²) in [6.45, 7) is 0. The van der Waals surface area contributed by atoms with E-state index in [1.807, 2.05) is 0 Å². The number of hydrogen-bond acceptors (Lipinski definition) is 2. The Morgan fingerprint density at radius 2 is 0.955 bits per heavy atom. The van der Waals surface area contributed by atoms with Gasteiger partial charge in [0.2, 0.25) is 0 Å². The number of carboxylic acids is 2. The lowest BCUT2D eigenvalue weighted by molar-refractivity contribution is 0.0679. The summed E-state index contributed by atoms with van der Waals surface area (Å²) in [5.74, 6) is -1.92. The van der Waals surface area contributed by atoms with Crippen molar-refractivity contribution in [3.63, 3.8) is 0 Å². The minimum Gasteiger partial charge on any atom is -0.478 e. The van der Waals surface area contributed by atoms with Gasteiger partial charge in [0.05, 0.1) is 11.1 Å². The van der Waals surface area contributed by atoms with Gasteiger partial charge in [0.25, 0.3) is 0 Å². The first-order valence-corrected chi connectivity index (χ1v) is 8.22. The minimum atomic E-state index is -0.958. The van der Waals surface area contributed by atoms with E-state index in [2.05, 4.69) is 0 Å². The summed E-state index contributed by atoms with van der Waals surface area (Å²) in [7, 11) is 0. The van der Waals surface area contributed by atoms with Crippen molar-refractivity contribution in [2.45, 2.75) is 64.2 Å². The van der Waals surface area contributed by atoms with E-state index in [-0.39, 0.29) is 11.1 Å². The smallest absolute Gasteiger partial charge is 0.335 e. The number of aromatic carboxylic acids is 2. The second kappa shape index (κ2) is 7.97. The fraction of sp³-hybridized carbons (Fsp3) is 0.556. The summed E-state index contributed by atoms with van der Waals surface area (Å²) >= 11 is 0. The van der Waals surface area contributed by atoms with Gasteiger partial charge in [-0.25, -0.2) is 9.59 Å². The molecule has 0 spiro atoms. The molecule has 1 aromatic carbocycles. The van der Waals surface area contributed by atoms with Gasteiger partial charge in [-0.05, 0) is 48.9 Å². The molecule has 0 unspecified atom stereocenters. The molecule has 1 aliphatic rings. The Morgan fingerprint density at radius 3 is 1.27 bits per heavy atom. The van der Waals surface area contributed by atoms with Crippen LogP contribution in [0.15, 0.2) is 12.1 Å². The number of benzene rings is 1. The van der Waals surface area contributed by atoms with Gasteiger partial charge < -0.3 is 10.2 Å². The molecule has 0 saturated heterocycles. The van der Waals surface area contributed by atoms with Crippen LogP contribution in [0.2, 0.25) is 0 Å². The van der Waals surface area contributed by atoms with Gasteiger partial charge in [0.1, 0.15) is 0 Å². The van der Waals surface area contributed by atoms with Crippen molar-refractivity contribution < 1.29 is 19.8 Å². The van der Waals surface area contributed by atoms with Crippen molar-refractivity contribution in [2.75, 3.05) is 0 Å².